The monoisotopic (exact) mass is 647 g/mol. The Morgan fingerprint density at radius 3 is 2.31 bits per heavy atom. The molecule has 1 aliphatic rings. The number of carbonyl (C=O) groups is 1. The lowest BCUT2D eigenvalue weighted by atomic mass is 9.98. The number of hydrogen-bond acceptors (Lipinski definition) is 6. The molecule has 0 spiro atoms. The van der Waals surface area contributed by atoms with Gasteiger partial charge in [-0.1, -0.05) is 79.2 Å². The van der Waals surface area contributed by atoms with E-state index in [0.717, 1.165) is 16.7 Å². The normalized spacial score (nSPS) is 17.6. The molecule has 45 heavy (non-hydrogen) atoms. The highest BCUT2D eigenvalue weighted by molar-refractivity contribution is 7.92. The van der Waals surface area contributed by atoms with E-state index in [4.69, 9.17) is 16.3 Å². The molecule has 4 aromatic carbocycles. The Balaban J connectivity index is 1.42. The highest BCUT2D eigenvalue weighted by atomic mass is 35.5. The molecule has 0 saturated carbocycles. The number of amides is 1. The lowest BCUT2D eigenvalue weighted by molar-refractivity contribution is 0.0344. The minimum atomic E-state index is -4.02. The molecular weight excluding hydrogens is 610 g/mol. The number of nitrogens with zero attached hydrogens (tertiary/aromatic N) is 2. The van der Waals surface area contributed by atoms with E-state index in [1.165, 1.54) is 24.3 Å². The van der Waals surface area contributed by atoms with Crippen LogP contribution in [0.1, 0.15) is 29.8 Å². The van der Waals surface area contributed by atoms with Crippen molar-refractivity contribution in [1.82, 2.24) is 9.80 Å². The third-order valence-electron chi connectivity index (χ3n) is 8.06. The lowest BCUT2D eigenvalue weighted by Crippen LogP contribution is -2.49. The molecule has 1 aliphatic heterocycles. The van der Waals surface area contributed by atoms with Crippen LogP contribution in [0.2, 0.25) is 5.02 Å². The van der Waals surface area contributed by atoms with Gasteiger partial charge >= 0.3 is 0 Å². The number of rotatable bonds is 10. The topological polar surface area (TPSA) is 99.2 Å². The van der Waals surface area contributed by atoms with Gasteiger partial charge in [0.2, 0.25) is 0 Å². The molecule has 0 bridgehead atoms. The van der Waals surface area contributed by atoms with Crippen LogP contribution < -0.4 is 9.46 Å². The van der Waals surface area contributed by atoms with Crippen molar-refractivity contribution in [2.75, 3.05) is 31.5 Å². The molecule has 3 atom stereocenters. The van der Waals surface area contributed by atoms with Gasteiger partial charge in [0.25, 0.3) is 15.9 Å². The van der Waals surface area contributed by atoms with Gasteiger partial charge in [0.05, 0.1) is 28.8 Å². The van der Waals surface area contributed by atoms with Crippen molar-refractivity contribution < 1.29 is 23.1 Å². The summed E-state index contributed by atoms with van der Waals surface area (Å²) >= 11 is 5.97. The molecule has 5 rings (SSSR count). The van der Waals surface area contributed by atoms with E-state index in [-0.39, 0.29) is 40.3 Å². The number of nitrogens with one attached hydrogen (secondary N) is 1. The van der Waals surface area contributed by atoms with E-state index in [9.17, 15) is 18.3 Å². The highest BCUT2D eigenvalue weighted by Gasteiger charge is 2.35. The summed E-state index contributed by atoms with van der Waals surface area (Å²) in [5, 5.41) is 10.4. The largest absolute Gasteiger partial charge is 0.486 e. The summed E-state index contributed by atoms with van der Waals surface area (Å²) in [4.78, 5) is 17.6. The first-order valence-corrected chi connectivity index (χ1v) is 16.7. The van der Waals surface area contributed by atoms with Gasteiger partial charge in [-0.3, -0.25) is 14.4 Å². The molecule has 8 nitrogen and oxygen atoms in total. The van der Waals surface area contributed by atoms with E-state index >= 15 is 0 Å². The smallest absolute Gasteiger partial charge is 0.262 e. The Morgan fingerprint density at radius 1 is 0.978 bits per heavy atom. The van der Waals surface area contributed by atoms with Crippen LogP contribution in [0.3, 0.4) is 0 Å². The number of anilines is 1. The summed E-state index contributed by atoms with van der Waals surface area (Å²) in [6.45, 7) is 5.12. The fraction of sp³-hybridized carbons (Fsp3) is 0.286. The average molecular weight is 648 g/mol. The van der Waals surface area contributed by atoms with Gasteiger partial charge in [0, 0.05) is 30.6 Å². The first kappa shape index (κ1) is 32.5. The number of sulfonamides is 1. The zero-order chi connectivity index (χ0) is 32.1. The zero-order valence-electron chi connectivity index (χ0n) is 25.6. The van der Waals surface area contributed by atoms with E-state index in [2.05, 4.69) is 46.0 Å². The number of likely N-dealkylation sites (N-methyl/N-ethyl adjacent to an activating group) is 1. The Morgan fingerprint density at radius 2 is 1.64 bits per heavy atom. The third-order valence-corrected chi connectivity index (χ3v) is 9.70. The van der Waals surface area contributed by atoms with Crippen LogP contribution in [0.5, 0.6) is 5.75 Å². The van der Waals surface area contributed by atoms with Crippen molar-refractivity contribution >= 4 is 33.2 Å². The molecule has 0 saturated heterocycles. The zero-order valence-corrected chi connectivity index (χ0v) is 27.1. The average Bonchev–Trinajstić information content (AvgIpc) is 3.03. The minimum Gasteiger partial charge on any atom is -0.486 e. The summed E-state index contributed by atoms with van der Waals surface area (Å²) in [6, 6.07) is 28.9. The number of hydrogen-bond donors (Lipinski definition) is 2. The molecule has 0 radical (unpaired) electrons. The predicted octanol–water partition coefficient (Wildman–Crippen LogP) is 6.16. The van der Waals surface area contributed by atoms with Crippen LogP contribution in [0, 0.1) is 5.92 Å². The maximum absolute atomic E-state index is 13.8. The number of halogens is 1. The SMILES string of the molecule is C[C@H](CO)N1C[C@H](C)[C@@H](CN(C)Cc2ccc(-c3ccccc3)cc2)Oc2c(NS(=O)(=O)c3ccc(Cl)cc3)cccc2C1=O. The van der Waals surface area contributed by atoms with Crippen LogP contribution in [0.15, 0.2) is 102 Å². The fourth-order valence-electron chi connectivity index (χ4n) is 5.48. The van der Waals surface area contributed by atoms with Crippen molar-refractivity contribution in [1.29, 1.82) is 0 Å². The second-order valence-electron chi connectivity index (χ2n) is 11.6. The molecule has 0 aliphatic carbocycles. The van der Waals surface area contributed by atoms with Crippen LogP contribution in [-0.2, 0) is 16.6 Å². The standard InChI is InChI=1S/C35H38ClN3O5S/c1-24-20-39(25(2)23-40)35(41)31-10-7-11-32(37-45(42,43)30-18-16-29(36)17-19-30)34(31)44-33(24)22-38(3)21-26-12-14-28(15-13-26)27-8-5-4-6-9-27/h4-19,24-25,33,37,40H,20-23H2,1-3H3/t24-,25+,33+/m0/s1. The lowest BCUT2D eigenvalue weighted by Gasteiger charge is -2.38. The number of aliphatic hydroxyl groups excluding tert-OH is 1. The van der Waals surface area contributed by atoms with Gasteiger partial charge in [-0.15, -0.1) is 0 Å². The van der Waals surface area contributed by atoms with Gasteiger partial charge in [-0.25, -0.2) is 8.42 Å². The van der Waals surface area contributed by atoms with Gasteiger partial charge in [-0.05, 0) is 67.1 Å². The Bertz CT molecular complexity index is 1720. The molecule has 1 heterocycles. The van der Waals surface area contributed by atoms with E-state index in [0.29, 0.717) is 24.7 Å². The second-order valence-corrected chi connectivity index (χ2v) is 13.7. The van der Waals surface area contributed by atoms with E-state index < -0.39 is 22.2 Å². The summed E-state index contributed by atoms with van der Waals surface area (Å²) in [5.41, 5.74) is 3.82. The molecule has 10 heteroatoms. The number of carbonyl (C=O) groups excluding carboxylic acids is 1. The van der Waals surface area contributed by atoms with Gasteiger partial charge in [0.1, 0.15) is 6.10 Å². The third kappa shape index (κ3) is 7.68. The van der Waals surface area contributed by atoms with Crippen LogP contribution in [0.4, 0.5) is 5.69 Å². The predicted molar refractivity (Wildman–Crippen MR) is 178 cm³/mol. The first-order chi connectivity index (χ1) is 21.6. The number of aliphatic hydroxyl groups is 1. The van der Waals surface area contributed by atoms with E-state index in [1.807, 2.05) is 32.2 Å². The molecular formula is C35H38ClN3O5S. The molecule has 0 aromatic heterocycles. The quantitative estimate of drug-likeness (QED) is 0.214. The molecule has 1 amide bonds. The Labute approximate surface area is 270 Å². The van der Waals surface area contributed by atoms with Crippen LogP contribution in [-0.4, -0.2) is 68.1 Å². The highest BCUT2D eigenvalue weighted by Crippen LogP contribution is 2.36. The van der Waals surface area contributed by atoms with E-state index in [1.54, 1.807) is 30.0 Å². The molecule has 0 unspecified atom stereocenters. The molecule has 4 aromatic rings. The van der Waals surface area contributed by atoms with Crippen molar-refractivity contribution in [2.45, 2.75) is 37.4 Å². The van der Waals surface area contributed by atoms with Crippen molar-refractivity contribution in [3.8, 4) is 16.9 Å². The summed E-state index contributed by atoms with van der Waals surface area (Å²) in [7, 11) is -2.01. The van der Waals surface area contributed by atoms with Crippen molar-refractivity contribution in [3.63, 3.8) is 0 Å². The van der Waals surface area contributed by atoms with Crippen molar-refractivity contribution in [2.24, 2.45) is 5.92 Å². The Hall–Kier alpha value is -3.89. The second kappa shape index (κ2) is 14.0. The fourth-order valence-corrected chi connectivity index (χ4v) is 6.66. The summed E-state index contributed by atoms with van der Waals surface area (Å²) < 4.78 is 35.9. The molecule has 236 valence electrons. The molecule has 0 fully saturated rings. The van der Waals surface area contributed by atoms with Crippen LogP contribution in [0.25, 0.3) is 11.1 Å². The summed E-state index contributed by atoms with van der Waals surface area (Å²) in [5.74, 6) is -0.316. The number of fused-ring (bicyclic) bond motifs is 1. The maximum atomic E-state index is 13.8. The number of ether oxygens (including phenoxy) is 1. The van der Waals surface area contributed by atoms with Crippen LogP contribution >= 0.6 is 11.6 Å². The minimum absolute atomic E-state index is 0.0279. The Kier molecular flexibility index (Phi) is 10.1. The van der Waals surface area contributed by atoms with Gasteiger partial charge in [0.15, 0.2) is 5.75 Å². The number of para-hydroxylation sites is 1. The molecule has 2 N–H and O–H groups in total. The van der Waals surface area contributed by atoms with Crippen molar-refractivity contribution in [3.05, 3.63) is 113 Å². The number of benzene rings is 4. The summed E-state index contributed by atoms with van der Waals surface area (Å²) in [6.07, 6.45) is -0.403. The van der Waals surface area contributed by atoms with Gasteiger partial charge in [-0.2, -0.15) is 0 Å². The maximum Gasteiger partial charge on any atom is 0.262 e. The first-order valence-electron chi connectivity index (χ1n) is 14.9. The van der Waals surface area contributed by atoms with Gasteiger partial charge < -0.3 is 14.7 Å².